The van der Waals surface area contributed by atoms with Gasteiger partial charge in [-0.3, -0.25) is 14.5 Å². The zero-order chi connectivity index (χ0) is 40.9. The lowest BCUT2D eigenvalue weighted by molar-refractivity contribution is -0.137. The first-order valence-electron chi connectivity index (χ1n) is 22.8. The second-order valence-electron chi connectivity index (χ2n) is 19.3. The Hall–Kier alpha value is -3.61. The molecule has 4 aliphatic heterocycles. The van der Waals surface area contributed by atoms with E-state index in [1.165, 1.54) is 52.7 Å². The fourth-order valence-corrected chi connectivity index (χ4v) is 16.4. The molecule has 7 aliphatic carbocycles. The molecular weight excluding hydrogens is 795 g/mol. The highest BCUT2D eigenvalue weighted by Crippen LogP contribution is 2.73. The third-order valence-electron chi connectivity index (χ3n) is 16.9. The Bertz CT molecular complexity index is 2200. The van der Waals surface area contributed by atoms with E-state index in [-0.39, 0.29) is 59.3 Å². The van der Waals surface area contributed by atoms with Gasteiger partial charge in [0.25, 0.3) is 11.8 Å². The zero-order valence-corrected chi connectivity index (χ0v) is 36.1. The molecule has 4 fully saturated rings. The number of aliphatic hydroxyl groups is 1. The molecule has 1 aromatic heterocycles. The van der Waals surface area contributed by atoms with Crippen molar-refractivity contribution in [3.63, 3.8) is 0 Å². The SMILES string of the molecule is CCC1(C2=C3OC(=O)C4=C3C(CC2)CC2C3CCC5(C6=CCC(C7CCCCC7)C(O)SSCNc7cc(ccn7)C(CN7C(=O)C=CC7=O)C3=C5C(=O)O6)C42)CCCC1. The second-order valence-corrected chi connectivity index (χ2v) is 21.7. The molecule has 1 aromatic rings. The van der Waals surface area contributed by atoms with Crippen LogP contribution in [0.4, 0.5) is 5.82 Å². The smallest absolute Gasteiger partial charge is 0.340 e. The molecule has 8 atom stereocenters. The summed E-state index contributed by atoms with van der Waals surface area (Å²) in [5, 5.41) is 15.4. The number of hydrogen-bond acceptors (Lipinski definition) is 11. The number of ether oxygens (including phenoxy) is 2. The van der Waals surface area contributed by atoms with E-state index < -0.39 is 22.7 Å². The lowest BCUT2D eigenvalue weighted by Crippen LogP contribution is -2.54. The number of anilines is 1. The molecule has 5 heterocycles. The highest BCUT2D eigenvalue weighted by molar-refractivity contribution is 8.76. The molecule has 12 rings (SSSR count). The summed E-state index contributed by atoms with van der Waals surface area (Å²) in [6.45, 7) is 2.37. The van der Waals surface area contributed by atoms with Gasteiger partial charge < -0.3 is 19.9 Å². The lowest BCUT2D eigenvalue weighted by atomic mass is 9.42. The number of amides is 2. The summed E-state index contributed by atoms with van der Waals surface area (Å²) in [5.74, 6) is 0.875. The summed E-state index contributed by atoms with van der Waals surface area (Å²) in [6.07, 6.45) is 22.6. The molecule has 11 aliphatic rings. The number of allylic oxidation sites excluding steroid dienone is 4. The molecule has 0 radical (unpaired) electrons. The molecule has 1 spiro atoms. The van der Waals surface area contributed by atoms with Crippen LogP contribution in [0.25, 0.3) is 0 Å². The fourth-order valence-electron chi connectivity index (χ4n) is 14.3. The molecular formula is C48H55N3O7S2. The Morgan fingerprint density at radius 2 is 1.73 bits per heavy atom. The molecule has 1 saturated heterocycles. The van der Waals surface area contributed by atoms with Gasteiger partial charge >= 0.3 is 11.9 Å². The number of aromatic nitrogens is 1. The molecule has 316 valence electrons. The van der Waals surface area contributed by atoms with Gasteiger partial charge in [0, 0.05) is 53.8 Å². The van der Waals surface area contributed by atoms with Gasteiger partial charge in [-0.1, -0.05) is 73.5 Å². The topological polar surface area (TPSA) is 135 Å². The van der Waals surface area contributed by atoms with E-state index in [0.717, 1.165) is 98.7 Å². The molecule has 10 nitrogen and oxygen atoms in total. The van der Waals surface area contributed by atoms with Crippen LogP contribution >= 0.6 is 21.6 Å². The first-order valence-corrected chi connectivity index (χ1v) is 25.2. The number of hydrogen-bond donors (Lipinski definition) is 2. The molecule has 0 aromatic carbocycles. The molecule has 12 heteroatoms. The predicted molar refractivity (Wildman–Crippen MR) is 229 cm³/mol. The highest BCUT2D eigenvalue weighted by atomic mass is 33.1. The number of imide groups is 1. The maximum Gasteiger partial charge on any atom is 0.340 e. The molecule has 2 amide bonds. The number of carbonyl (C=O) groups is 4. The number of nitrogens with one attached hydrogen (secondary N) is 1. The van der Waals surface area contributed by atoms with Gasteiger partial charge in [-0.15, -0.1) is 0 Å². The van der Waals surface area contributed by atoms with Gasteiger partial charge in [0.15, 0.2) is 0 Å². The Kier molecular flexibility index (Phi) is 9.84. The average Bonchev–Trinajstić information content (AvgIpc) is 4.04. The fraction of sp³-hybridized carbons (Fsp3) is 0.604. The maximum atomic E-state index is 15.0. The minimum absolute atomic E-state index is 0.0230. The van der Waals surface area contributed by atoms with E-state index in [0.29, 0.717) is 41.8 Å². The number of pyridine rings is 1. The molecule has 7 bridgehead atoms. The third kappa shape index (κ3) is 5.88. The van der Waals surface area contributed by atoms with Crippen LogP contribution in [0, 0.1) is 46.3 Å². The minimum Gasteiger partial charge on any atom is -0.427 e. The summed E-state index contributed by atoms with van der Waals surface area (Å²) in [7, 11) is 3.04. The van der Waals surface area contributed by atoms with Crippen molar-refractivity contribution in [1.82, 2.24) is 9.88 Å². The van der Waals surface area contributed by atoms with Crippen molar-refractivity contribution in [1.29, 1.82) is 0 Å². The van der Waals surface area contributed by atoms with Gasteiger partial charge in [-0.25, -0.2) is 14.6 Å². The summed E-state index contributed by atoms with van der Waals surface area (Å²) < 4.78 is 13.2. The van der Waals surface area contributed by atoms with Crippen LogP contribution in [-0.2, 0) is 28.7 Å². The Labute approximate surface area is 359 Å². The average molecular weight is 850 g/mol. The Morgan fingerprint density at radius 3 is 2.52 bits per heavy atom. The van der Waals surface area contributed by atoms with Crippen LogP contribution in [0.5, 0.6) is 0 Å². The van der Waals surface area contributed by atoms with Gasteiger partial charge in [0.05, 0.1) is 16.9 Å². The highest BCUT2D eigenvalue weighted by Gasteiger charge is 2.70. The lowest BCUT2D eigenvalue weighted by Gasteiger charge is -2.58. The van der Waals surface area contributed by atoms with Crippen molar-refractivity contribution in [3.05, 3.63) is 81.5 Å². The molecule has 8 unspecified atom stereocenters. The second kappa shape index (κ2) is 15.0. The number of nitrogens with zero attached hydrogens (tertiary/aromatic N) is 2. The molecule has 60 heavy (non-hydrogen) atoms. The van der Waals surface area contributed by atoms with Crippen LogP contribution in [0.3, 0.4) is 0 Å². The van der Waals surface area contributed by atoms with E-state index >= 15 is 4.79 Å². The zero-order valence-electron chi connectivity index (χ0n) is 34.4. The van der Waals surface area contributed by atoms with Crippen molar-refractivity contribution in [3.8, 4) is 0 Å². The molecule has 2 N–H and O–H groups in total. The Morgan fingerprint density at radius 1 is 0.933 bits per heavy atom. The van der Waals surface area contributed by atoms with Gasteiger partial charge in [-0.05, 0) is 122 Å². The summed E-state index contributed by atoms with van der Waals surface area (Å²) in [6, 6.07) is 3.93. The van der Waals surface area contributed by atoms with Crippen molar-refractivity contribution < 1.29 is 33.8 Å². The predicted octanol–water partition coefficient (Wildman–Crippen LogP) is 9.03. The van der Waals surface area contributed by atoms with Crippen LogP contribution in [-0.4, -0.2) is 56.6 Å². The van der Waals surface area contributed by atoms with Crippen LogP contribution in [0.2, 0.25) is 0 Å². The number of esters is 2. The van der Waals surface area contributed by atoms with E-state index in [1.54, 1.807) is 17.0 Å². The van der Waals surface area contributed by atoms with Crippen LogP contribution in [0.15, 0.2) is 75.9 Å². The van der Waals surface area contributed by atoms with Crippen molar-refractivity contribution >= 4 is 51.2 Å². The number of carbonyl (C=O) groups excluding carboxylic acids is 4. The van der Waals surface area contributed by atoms with Gasteiger partial charge in [0.2, 0.25) is 0 Å². The number of aliphatic hydroxyl groups excluding tert-OH is 1. The van der Waals surface area contributed by atoms with E-state index in [1.807, 2.05) is 12.1 Å². The molecule has 3 saturated carbocycles. The first kappa shape index (κ1) is 39.3. The van der Waals surface area contributed by atoms with Crippen molar-refractivity contribution in [2.45, 2.75) is 121 Å². The van der Waals surface area contributed by atoms with Crippen molar-refractivity contribution in [2.75, 3.05) is 17.7 Å². The van der Waals surface area contributed by atoms with E-state index in [2.05, 4.69) is 23.3 Å². The standard InChI is InChI=1S/C48H55N3O7S2/c1-2-47(18-6-7-19-47)33-12-10-28-22-31-30-16-20-48(41(31)40-38(28)43(33)58-44(40)54)34-13-11-29(26-8-4-3-5-9-26)46(56)60-59-25-50-35-23-27(17-21-49-35)32(39(30)42(48)45(55)57-34)24-51-36(52)14-15-37(51)53/h13-15,17,21,23,26,28-32,41,46,56H,2-12,16,18-20,22,24-25H2,1H3,(H,49,50). The minimum atomic E-state index is -0.925. The largest absolute Gasteiger partial charge is 0.427 e. The quantitative estimate of drug-likeness (QED) is 0.167. The first-order chi connectivity index (χ1) is 29.2. The van der Waals surface area contributed by atoms with E-state index in [9.17, 15) is 19.5 Å². The van der Waals surface area contributed by atoms with Crippen LogP contribution in [0.1, 0.15) is 121 Å². The summed E-state index contributed by atoms with van der Waals surface area (Å²) in [4.78, 5) is 62.4. The summed E-state index contributed by atoms with van der Waals surface area (Å²) >= 11 is 0. The van der Waals surface area contributed by atoms with Crippen LogP contribution < -0.4 is 5.32 Å². The number of fused-ring (bicyclic) bond motifs is 3. The normalized spacial score (nSPS) is 36.1. The summed E-state index contributed by atoms with van der Waals surface area (Å²) in [5.41, 5.74) is 4.14. The number of rotatable bonds is 5. The van der Waals surface area contributed by atoms with E-state index in [4.69, 9.17) is 9.47 Å². The third-order valence-corrected chi connectivity index (χ3v) is 19.2. The van der Waals surface area contributed by atoms with Crippen molar-refractivity contribution in [2.24, 2.45) is 46.3 Å². The maximum absolute atomic E-state index is 15.0. The van der Waals surface area contributed by atoms with Gasteiger partial charge in [-0.2, -0.15) is 0 Å². The van der Waals surface area contributed by atoms with Gasteiger partial charge in [0.1, 0.15) is 22.8 Å². The Balaban J connectivity index is 1.13. The monoisotopic (exact) mass is 849 g/mol.